The fraction of sp³-hybridized carbons (Fsp3) is 0.545. The summed E-state index contributed by atoms with van der Waals surface area (Å²) < 4.78 is 13.3. The Morgan fingerprint density at radius 1 is 1.28 bits per heavy atom. The highest BCUT2D eigenvalue weighted by molar-refractivity contribution is 5.83. The minimum atomic E-state index is -0.229. The van der Waals surface area contributed by atoms with Crippen LogP contribution < -0.4 is 10.6 Å². The first-order chi connectivity index (χ1) is 14.2. The number of carbonyl (C=O) groups is 1. The largest absolute Gasteiger partial charge is 0.361 e. The molecule has 158 valence electrons. The molecule has 1 saturated heterocycles. The van der Waals surface area contributed by atoms with Gasteiger partial charge < -0.3 is 20.5 Å². The maximum Gasteiger partial charge on any atom is 0.222 e. The number of likely N-dealkylation sites (tertiary alicyclic amines) is 1. The van der Waals surface area contributed by atoms with Crippen molar-refractivity contribution in [1.82, 2.24) is 20.5 Å². The molecule has 2 heterocycles. The van der Waals surface area contributed by atoms with E-state index in [-0.39, 0.29) is 11.7 Å². The van der Waals surface area contributed by atoms with E-state index in [2.05, 4.69) is 20.6 Å². The van der Waals surface area contributed by atoms with Crippen molar-refractivity contribution < 1.29 is 9.18 Å². The minimum Gasteiger partial charge on any atom is -0.361 e. The van der Waals surface area contributed by atoms with Crippen molar-refractivity contribution in [2.45, 2.75) is 45.4 Å². The number of rotatable bonds is 8. The third-order valence-corrected chi connectivity index (χ3v) is 5.29. The first kappa shape index (κ1) is 21.1. The van der Waals surface area contributed by atoms with E-state index in [1.165, 1.54) is 12.1 Å². The Balaban J connectivity index is 1.45. The summed E-state index contributed by atoms with van der Waals surface area (Å²) in [6.07, 6.45) is 7.60. The van der Waals surface area contributed by atoms with Crippen LogP contribution in [0.25, 0.3) is 10.9 Å². The Kier molecular flexibility index (Phi) is 7.90. The molecule has 6 nitrogen and oxygen atoms in total. The molecule has 1 fully saturated rings. The fourth-order valence-electron chi connectivity index (χ4n) is 3.75. The van der Waals surface area contributed by atoms with Gasteiger partial charge in [0.1, 0.15) is 5.82 Å². The van der Waals surface area contributed by atoms with Gasteiger partial charge in [-0.05, 0) is 56.4 Å². The van der Waals surface area contributed by atoms with E-state index in [1.807, 2.05) is 24.1 Å². The summed E-state index contributed by atoms with van der Waals surface area (Å²) in [6, 6.07) is 4.83. The number of benzene rings is 1. The van der Waals surface area contributed by atoms with E-state index in [0.717, 1.165) is 80.7 Å². The average Bonchev–Trinajstić information content (AvgIpc) is 2.98. The number of H-pyrrole nitrogens is 1. The highest BCUT2D eigenvalue weighted by Gasteiger charge is 2.15. The molecule has 1 aliphatic heterocycles. The Morgan fingerprint density at radius 2 is 2.17 bits per heavy atom. The van der Waals surface area contributed by atoms with Crippen molar-refractivity contribution in [3.05, 3.63) is 35.8 Å². The van der Waals surface area contributed by atoms with Gasteiger partial charge in [-0.25, -0.2) is 4.39 Å². The van der Waals surface area contributed by atoms with Gasteiger partial charge in [-0.1, -0.05) is 6.42 Å². The number of fused-ring (bicyclic) bond motifs is 1. The molecule has 0 bridgehead atoms. The number of aromatic nitrogens is 1. The molecular weight excluding hydrogens is 369 g/mol. The molecule has 1 aromatic heterocycles. The van der Waals surface area contributed by atoms with Crippen molar-refractivity contribution in [2.24, 2.45) is 4.99 Å². The number of guanidine groups is 1. The van der Waals surface area contributed by atoms with Crippen LogP contribution in [0.2, 0.25) is 0 Å². The van der Waals surface area contributed by atoms with Crippen molar-refractivity contribution in [3.63, 3.8) is 0 Å². The average molecular weight is 402 g/mol. The topological polar surface area (TPSA) is 72.5 Å². The highest BCUT2D eigenvalue weighted by atomic mass is 19.1. The molecule has 1 aliphatic rings. The van der Waals surface area contributed by atoms with E-state index >= 15 is 0 Å². The summed E-state index contributed by atoms with van der Waals surface area (Å²) in [4.78, 5) is 21.8. The highest BCUT2D eigenvalue weighted by Crippen LogP contribution is 2.19. The molecule has 1 aromatic carbocycles. The molecule has 29 heavy (non-hydrogen) atoms. The molecule has 0 radical (unpaired) electrons. The van der Waals surface area contributed by atoms with E-state index < -0.39 is 0 Å². The number of halogens is 1. The van der Waals surface area contributed by atoms with E-state index in [0.29, 0.717) is 13.0 Å². The number of amides is 1. The number of hydrogen-bond acceptors (Lipinski definition) is 2. The summed E-state index contributed by atoms with van der Waals surface area (Å²) in [6.45, 7) is 5.93. The predicted octanol–water partition coefficient (Wildman–Crippen LogP) is 3.20. The predicted molar refractivity (Wildman–Crippen MR) is 116 cm³/mol. The molecule has 0 saturated carbocycles. The number of nitrogens with one attached hydrogen (secondary N) is 3. The van der Waals surface area contributed by atoms with Crippen LogP contribution in [-0.4, -0.2) is 54.5 Å². The van der Waals surface area contributed by atoms with Gasteiger partial charge in [0, 0.05) is 56.2 Å². The Morgan fingerprint density at radius 3 is 3.03 bits per heavy atom. The van der Waals surface area contributed by atoms with Gasteiger partial charge in [-0.2, -0.15) is 0 Å². The summed E-state index contributed by atoms with van der Waals surface area (Å²) in [5, 5.41) is 7.68. The maximum absolute atomic E-state index is 13.3. The first-order valence-electron chi connectivity index (χ1n) is 10.7. The number of hydrogen-bond donors (Lipinski definition) is 3. The Labute approximate surface area is 172 Å². The van der Waals surface area contributed by atoms with E-state index in [9.17, 15) is 9.18 Å². The Hall–Kier alpha value is -2.57. The van der Waals surface area contributed by atoms with Gasteiger partial charge in [0.25, 0.3) is 0 Å². The third kappa shape index (κ3) is 6.21. The van der Waals surface area contributed by atoms with Crippen LogP contribution in [0.3, 0.4) is 0 Å². The van der Waals surface area contributed by atoms with Crippen LogP contribution in [0.1, 0.15) is 44.6 Å². The van der Waals surface area contributed by atoms with Crippen molar-refractivity contribution in [3.8, 4) is 0 Å². The van der Waals surface area contributed by atoms with Crippen LogP contribution in [0, 0.1) is 5.82 Å². The van der Waals surface area contributed by atoms with Crippen LogP contribution in [0.15, 0.2) is 29.4 Å². The SMILES string of the molecule is CCNC(=NCCCN1CCCCCC1=O)NCCc1c[nH]c2cc(F)ccc12. The van der Waals surface area contributed by atoms with Gasteiger partial charge in [-0.3, -0.25) is 9.79 Å². The molecular formula is C22H32FN5O. The van der Waals surface area contributed by atoms with Crippen LogP contribution in [-0.2, 0) is 11.2 Å². The van der Waals surface area contributed by atoms with Crippen LogP contribution in [0.5, 0.6) is 0 Å². The van der Waals surface area contributed by atoms with Crippen LogP contribution >= 0.6 is 0 Å². The molecule has 0 unspecified atom stereocenters. The van der Waals surface area contributed by atoms with E-state index in [1.54, 1.807) is 0 Å². The van der Waals surface area contributed by atoms with Crippen LogP contribution in [0.4, 0.5) is 4.39 Å². The first-order valence-corrected chi connectivity index (χ1v) is 10.7. The molecule has 3 N–H and O–H groups in total. The van der Waals surface area contributed by atoms with Crippen molar-refractivity contribution >= 4 is 22.8 Å². The van der Waals surface area contributed by atoms with Gasteiger partial charge in [0.05, 0.1) is 0 Å². The monoisotopic (exact) mass is 401 g/mol. The van der Waals surface area contributed by atoms with Gasteiger partial charge >= 0.3 is 0 Å². The third-order valence-electron chi connectivity index (χ3n) is 5.29. The van der Waals surface area contributed by atoms with Crippen molar-refractivity contribution in [1.29, 1.82) is 0 Å². The lowest BCUT2D eigenvalue weighted by Crippen LogP contribution is -2.38. The fourth-order valence-corrected chi connectivity index (χ4v) is 3.75. The molecule has 2 aromatic rings. The smallest absolute Gasteiger partial charge is 0.222 e. The number of carbonyl (C=O) groups excluding carboxylic acids is 1. The molecule has 7 heteroatoms. The number of nitrogens with zero attached hydrogens (tertiary/aromatic N) is 2. The second-order valence-electron chi connectivity index (χ2n) is 7.49. The lowest BCUT2D eigenvalue weighted by Gasteiger charge is -2.20. The van der Waals surface area contributed by atoms with E-state index in [4.69, 9.17) is 0 Å². The zero-order chi connectivity index (χ0) is 20.5. The minimum absolute atomic E-state index is 0.229. The maximum atomic E-state index is 13.3. The second-order valence-corrected chi connectivity index (χ2v) is 7.49. The summed E-state index contributed by atoms with van der Waals surface area (Å²) in [5.74, 6) is 0.850. The number of aliphatic imine (C=N–C) groups is 1. The molecule has 0 spiro atoms. The molecule has 1 amide bonds. The molecule has 0 aliphatic carbocycles. The van der Waals surface area contributed by atoms with Crippen molar-refractivity contribution in [2.75, 3.05) is 32.7 Å². The number of aromatic amines is 1. The summed E-state index contributed by atoms with van der Waals surface area (Å²) in [5.41, 5.74) is 1.98. The van der Waals surface area contributed by atoms with Gasteiger partial charge in [0.2, 0.25) is 5.91 Å². The normalized spacial score (nSPS) is 15.6. The molecule has 0 atom stereocenters. The summed E-state index contributed by atoms with van der Waals surface area (Å²) in [7, 11) is 0. The standard InChI is InChI=1S/C22H32FN5O/c1-2-24-22(25-11-6-14-28-13-5-3-4-7-21(28)29)26-12-10-17-16-27-20-15-18(23)8-9-19(17)20/h8-9,15-16,27H,2-7,10-14H2,1H3,(H2,24,25,26). The lowest BCUT2D eigenvalue weighted by molar-refractivity contribution is -0.130. The lowest BCUT2D eigenvalue weighted by atomic mass is 10.1. The summed E-state index contributed by atoms with van der Waals surface area (Å²) >= 11 is 0. The Bertz CT molecular complexity index is 832. The zero-order valence-corrected chi connectivity index (χ0v) is 17.3. The quantitative estimate of drug-likeness (QED) is 0.361. The molecule has 3 rings (SSSR count). The van der Waals surface area contributed by atoms with Gasteiger partial charge in [0.15, 0.2) is 5.96 Å². The van der Waals surface area contributed by atoms with Gasteiger partial charge in [-0.15, -0.1) is 0 Å². The second kappa shape index (κ2) is 10.8. The zero-order valence-electron chi connectivity index (χ0n) is 17.3.